The third-order valence-electron chi connectivity index (χ3n) is 3.94. The number of nitrogens with one attached hydrogen (secondary N) is 1. The van der Waals surface area contributed by atoms with Crippen molar-refractivity contribution in [2.45, 2.75) is 13.5 Å². The molecule has 4 rings (SSSR count). The number of fused-ring (bicyclic) bond motifs is 1. The molecular formula is C19H17N3O. The lowest BCUT2D eigenvalue weighted by atomic mass is 10.1. The summed E-state index contributed by atoms with van der Waals surface area (Å²) in [6.45, 7) is 2.71. The van der Waals surface area contributed by atoms with E-state index in [1.807, 2.05) is 24.5 Å². The minimum absolute atomic E-state index is 0.616. The molecule has 1 aromatic carbocycles. The summed E-state index contributed by atoms with van der Waals surface area (Å²) < 4.78 is 7.51. The highest BCUT2D eigenvalue weighted by Gasteiger charge is 2.08. The Morgan fingerprint density at radius 2 is 1.96 bits per heavy atom. The molecule has 114 valence electrons. The maximum atomic E-state index is 5.36. The van der Waals surface area contributed by atoms with E-state index < -0.39 is 0 Å². The van der Waals surface area contributed by atoms with Crippen LogP contribution in [0.5, 0.6) is 0 Å². The van der Waals surface area contributed by atoms with Gasteiger partial charge in [-0.25, -0.2) is 4.98 Å². The smallest absolute Gasteiger partial charge is 0.150 e. The van der Waals surface area contributed by atoms with Crippen molar-refractivity contribution < 1.29 is 4.42 Å². The zero-order chi connectivity index (χ0) is 15.6. The van der Waals surface area contributed by atoms with Gasteiger partial charge in [0.15, 0.2) is 5.82 Å². The Labute approximate surface area is 134 Å². The van der Waals surface area contributed by atoms with Crippen molar-refractivity contribution in [3.63, 3.8) is 0 Å². The van der Waals surface area contributed by atoms with Crippen LogP contribution in [0, 0.1) is 6.92 Å². The quantitative estimate of drug-likeness (QED) is 0.603. The van der Waals surface area contributed by atoms with E-state index in [0.717, 1.165) is 22.8 Å². The van der Waals surface area contributed by atoms with Crippen LogP contribution in [-0.4, -0.2) is 9.38 Å². The Kier molecular flexibility index (Phi) is 3.35. The van der Waals surface area contributed by atoms with E-state index in [9.17, 15) is 0 Å². The largest absolute Gasteiger partial charge is 0.467 e. The van der Waals surface area contributed by atoms with Gasteiger partial charge in [-0.15, -0.1) is 0 Å². The molecule has 0 aliphatic heterocycles. The molecule has 23 heavy (non-hydrogen) atoms. The van der Waals surface area contributed by atoms with E-state index in [1.54, 1.807) is 6.26 Å². The number of benzene rings is 1. The van der Waals surface area contributed by atoms with Crippen molar-refractivity contribution in [3.05, 3.63) is 78.5 Å². The second kappa shape index (κ2) is 5.65. The predicted octanol–water partition coefficient (Wildman–Crippen LogP) is 4.51. The molecule has 0 radical (unpaired) electrons. The van der Waals surface area contributed by atoms with Crippen LogP contribution in [-0.2, 0) is 6.54 Å². The van der Waals surface area contributed by atoms with Crippen molar-refractivity contribution in [1.29, 1.82) is 0 Å². The van der Waals surface area contributed by atoms with Crippen LogP contribution in [0.3, 0.4) is 0 Å². The van der Waals surface area contributed by atoms with Crippen molar-refractivity contribution >= 4 is 11.3 Å². The average molecular weight is 303 g/mol. The Morgan fingerprint density at radius 3 is 2.74 bits per heavy atom. The van der Waals surface area contributed by atoms with Crippen LogP contribution < -0.4 is 5.32 Å². The van der Waals surface area contributed by atoms with Crippen LogP contribution in [0.15, 0.2) is 71.6 Å². The highest BCUT2D eigenvalue weighted by molar-refractivity contribution is 5.75. The molecule has 0 unspecified atom stereocenters. The van der Waals surface area contributed by atoms with Crippen LogP contribution in [0.25, 0.3) is 16.8 Å². The molecule has 0 atom stereocenters. The maximum Gasteiger partial charge on any atom is 0.150 e. The highest BCUT2D eigenvalue weighted by Crippen LogP contribution is 2.26. The monoisotopic (exact) mass is 303 g/mol. The van der Waals surface area contributed by atoms with Crippen molar-refractivity contribution in [1.82, 2.24) is 9.38 Å². The number of hydrogen-bond acceptors (Lipinski definition) is 3. The Morgan fingerprint density at radius 1 is 1.09 bits per heavy atom. The molecule has 1 N–H and O–H groups in total. The molecular weight excluding hydrogens is 286 g/mol. The van der Waals surface area contributed by atoms with Gasteiger partial charge in [0, 0.05) is 12.4 Å². The van der Waals surface area contributed by atoms with Crippen molar-refractivity contribution in [2.75, 3.05) is 5.32 Å². The van der Waals surface area contributed by atoms with Gasteiger partial charge in [0.05, 0.1) is 24.0 Å². The topological polar surface area (TPSA) is 42.5 Å². The zero-order valence-corrected chi connectivity index (χ0v) is 12.9. The maximum absolute atomic E-state index is 5.36. The number of aryl methyl sites for hydroxylation is 1. The predicted molar refractivity (Wildman–Crippen MR) is 91.4 cm³/mol. The van der Waals surface area contributed by atoms with Crippen LogP contribution in [0.1, 0.15) is 11.3 Å². The summed E-state index contributed by atoms with van der Waals surface area (Å²) in [6.07, 6.45) is 5.48. The molecule has 4 heteroatoms. The van der Waals surface area contributed by atoms with Gasteiger partial charge in [-0.1, -0.05) is 29.8 Å². The van der Waals surface area contributed by atoms with E-state index >= 15 is 0 Å². The first kappa shape index (κ1) is 13.6. The van der Waals surface area contributed by atoms with Gasteiger partial charge in [0.2, 0.25) is 0 Å². The van der Waals surface area contributed by atoms with Crippen molar-refractivity contribution in [2.24, 2.45) is 0 Å². The fourth-order valence-corrected chi connectivity index (χ4v) is 2.72. The second-order valence-corrected chi connectivity index (χ2v) is 5.55. The molecule has 0 saturated carbocycles. The SMILES string of the molecule is Cc1ccc(-c2ccc3c(NCc4ccco4)nccn23)cc1. The summed E-state index contributed by atoms with van der Waals surface area (Å²) in [6, 6.07) is 16.6. The lowest BCUT2D eigenvalue weighted by Crippen LogP contribution is -2.02. The zero-order valence-electron chi connectivity index (χ0n) is 12.9. The standard InChI is InChI=1S/C19H17N3O/c1-14-4-6-15(7-5-14)17-8-9-18-19(20-10-11-22(17)18)21-13-16-3-2-12-23-16/h2-12H,13H2,1H3,(H,20,21). The summed E-state index contributed by atoms with van der Waals surface area (Å²) in [7, 11) is 0. The normalized spacial score (nSPS) is 11.0. The Bertz CT molecular complexity index is 921. The third-order valence-corrected chi connectivity index (χ3v) is 3.94. The van der Waals surface area contributed by atoms with E-state index in [2.05, 4.69) is 58.0 Å². The van der Waals surface area contributed by atoms with Gasteiger partial charge in [-0.05, 0) is 36.8 Å². The lowest BCUT2D eigenvalue weighted by Gasteiger charge is -2.08. The van der Waals surface area contributed by atoms with E-state index in [-0.39, 0.29) is 0 Å². The molecule has 0 aliphatic carbocycles. The fraction of sp³-hybridized carbons (Fsp3) is 0.105. The first-order chi connectivity index (χ1) is 11.3. The number of rotatable bonds is 4. The number of nitrogens with zero attached hydrogens (tertiary/aromatic N) is 2. The highest BCUT2D eigenvalue weighted by atomic mass is 16.3. The summed E-state index contributed by atoms with van der Waals surface area (Å²) in [5, 5.41) is 3.34. The van der Waals surface area contributed by atoms with Crippen molar-refractivity contribution in [3.8, 4) is 11.3 Å². The second-order valence-electron chi connectivity index (χ2n) is 5.55. The number of anilines is 1. The molecule has 0 aliphatic rings. The van der Waals surface area contributed by atoms with Gasteiger partial charge in [0.1, 0.15) is 5.76 Å². The Hall–Kier alpha value is -3.01. The summed E-state index contributed by atoms with van der Waals surface area (Å²) in [4.78, 5) is 4.45. The summed E-state index contributed by atoms with van der Waals surface area (Å²) >= 11 is 0. The molecule has 0 amide bonds. The van der Waals surface area contributed by atoms with Crippen LogP contribution in [0.2, 0.25) is 0 Å². The summed E-state index contributed by atoms with van der Waals surface area (Å²) in [5.74, 6) is 1.74. The molecule has 0 bridgehead atoms. The molecule has 3 aromatic heterocycles. The van der Waals surface area contributed by atoms with Gasteiger partial charge in [0.25, 0.3) is 0 Å². The molecule has 4 nitrogen and oxygen atoms in total. The van der Waals surface area contributed by atoms with Gasteiger partial charge >= 0.3 is 0 Å². The first-order valence-electron chi connectivity index (χ1n) is 7.60. The molecule has 0 spiro atoms. The number of aromatic nitrogens is 2. The van der Waals surface area contributed by atoms with E-state index in [1.165, 1.54) is 11.1 Å². The van der Waals surface area contributed by atoms with Crippen LogP contribution in [0.4, 0.5) is 5.82 Å². The number of hydrogen-bond donors (Lipinski definition) is 1. The van der Waals surface area contributed by atoms with E-state index in [0.29, 0.717) is 6.54 Å². The van der Waals surface area contributed by atoms with Crippen LogP contribution >= 0.6 is 0 Å². The Balaban J connectivity index is 1.70. The van der Waals surface area contributed by atoms with Gasteiger partial charge < -0.3 is 14.1 Å². The molecule has 0 fully saturated rings. The minimum Gasteiger partial charge on any atom is -0.467 e. The first-order valence-corrected chi connectivity index (χ1v) is 7.60. The minimum atomic E-state index is 0.616. The molecule has 0 saturated heterocycles. The number of furan rings is 1. The fourth-order valence-electron chi connectivity index (χ4n) is 2.72. The molecule has 3 heterocycles. The van der Waals surface area contributed by atoms with E-state index in [4.69, 9.17) is 4.42 Å². The molecule has 4 aromatic rings. The van der Waals surface area contributed by atoms with Gasteiger partial charge in [-0.2, -0.15) is 0 Å². The van der Waals surface area contributed by atoms with Gasteiger partial charge in [-0.3, -0.25) is 0 Å². The lowest BCUT2D eigenvalue weighted by molar-refractivity contribution is 0.518. The summed E-state index contributed by atoms with van der Waals surface area (Å²) in [5.41, 5.74) is 4.66. The third kappa shape index (κ3) is 2.59. The average Bonchev–Trinajstić information content (AvgIpc) is 3.23.